The van der Waals surface area contributed by atoms with Crippen LogP contribution in [0.2, 0.25) is 0 Å². The zero-order chi connectivity index (χ0) is 21.6. The Kier molecular flexibility index (Phi) is 7.03. The van der Waals surface area contributed by atoms with Gasteiger partial charge in [0.1, 0.15) is 0 Å². The fraction of sp³-hybridized carbons (Fsp3) is 0.393. The molecule has 162 valence electrons. The van der Waals surface area contributed by atoms with Crippen molar-refractivity contribution in [3.05, 3.63) is 70.9 Å². The second kappa shape index (κ2) is 10.1. The summed E-state index contributed by atoms with van der Waals surface area (Å²) in [6, 6.07) is 17.5. The topological polar surface area (TPSA) is 28.2 Å². The Labute approximate surface area is 187 Å². The molecule has 1 aliphatic carbocycles. The smallest absolute Gasteiger partial charge is 0.0730 e. The number of pyridine rings is 1. The number of nitrogens with zero attached hydrogens (tertiary/aromatic N) is 2. The Morgan fingerprint density at radius 3 is 2.48 bits per heavy atom. The number of fused-ring (bicyclic) bond motifs is 2. The Balaban J connectivity index is 1.62. The van der Waals surface area contributed by atoms with Crippen LogP contribution < -0.4 is 5.32 Å². The number of hydrogen-bond donors (Lipinski definition) is 1. The van der Waals surface area contributed by atoms with E-state index in [-0.39, 0.29) is 0 Å². The molecule has 0 unspecified atom stereocenters. The first-order chi connectivity index (χ1) is 15.2. The van der Waals surface area contributed by atoms with Gasteiger partial charge in [-0.1, -0.05) is 63.2 Å². The lowest BCUT2D eigenvalue weighted by Gasteiger charge is -2.19. The zero-order valence-electron chi connectivity index (χ0n) is 19.2. The Bertz CT molecular complexity index is 1050. The molecule has 0 saturated carbocycles. The van der Waals surface area contributed by atoms with Crippen LogP contribution in [0, 0.1) is 0 Å². The molecular weight excluding hydrogens is 378 g/mol. The van der Waals surface area contributed by atoms with E-state index in [4.69, 9.17) is 4.98 Å². The fourth-order valence-corrected chi connectivity index (χ4v) is 4.59. The largest absolute Gasteiger partial charge is 0.384 e. The van der Waals surface area contributed by atoms with E-state index >= 15 is 0 Å². The number of benzene rings is 2. The third-order valence-electron chi connectivity index (χ3n) is 6.52. The number of aryl methyl sites for hydroxylation is 1. The molecule has 0 spiro atoms. The SMILES string of the molecule is CCc1ccc(/C=C2\CCc3c2nc2ccccc2c3NCCCN(CC)CC)cc1. The van der Waals surface area contributed by atoms with Crippen molar-refractivity contribution in [2.45, 2.75) is 46.5 Å². The van der Waals surface area contributed by atoms with Gasteiger partial charge in [-0.25, -0.2) is 4.98 Å². The van der Waals surface area contributed by atoms with Crippen molar-refractivity contribution in [1.29, 1.82) is 0 Å². The normalized spacial score (nSPS) is 14.5. The molecule has 0 bridgehead atoms. The minimum absolute atomic E-state index is 0.995. The van der Waals surface area contributed by atoms with Crippen LogP contribution in [0.3, 0.4) is 0 Å². The number of para-hydroxylation sites is 1. The lowest BCUT2D eigenvalue weighted by Crippen LogP contribution is -2.25. The monoisotopic (exact) mass is 413 g/mol. The van der Waals surface area contributed by atoms with E-state index in [1.54, 1.807) is 0 Å². The highest BCUT2D eigenvalue weighted by atomic mass is 15.1. The molecule has 0 saturated heterocycles. The molecule has 31 heavy (non-hydrogen) atoms. The highest BCUT2D eigenvalue weighted by Crippen LogP contribution is 2.40. The van der Waals surface area contributed by atoms with Crippen LogP contribution in [-0.2, 0) is 12.8 Å². The number of allylic oxidation sites excluding steroid dienone is 1. The van der Waals surface area contributed by atoms with Crippen LogP contribution in [0.4, 0.5) is 5.69 Å². The van der Waals surface area contributed by atoms with E-state index < -0.39 is 0 Å². The molecule has 0 radical (unpaired) electrons. The van der Waals surface area contributed by atoms with Gasteiger partial charge in [0, 0.05) is 23.2 Å². The lowest BCUT2D eigenvalue weighted by molar-refractivity contribution is 0.303. The third-order valence-corrected chi connectivity index (χ3v) is 6.52. The second-order valence-corrected chi connectivity index (χ2v) is 8.40. The highest BCUT2D eigenvalue weighted by Gasteiger charge is 2.23. The molecule has 3 aromatic rings. The van der Waals surface area contributed by atoms with Gasteiger partial charge in [-0.05, 0) is 74.2 Å². The Morgan fingerprint density at radius 2 is 1.74 bits per heavy atom. The van der Waals surface area contributed by atoms with Crippen molar-refractivity contribution in [3.63, 3.8) is 0 Å². The van der Waals surface area contributed by atoms with Crippen molar-refractivity contribution in [2.75, 3.05) is 31.5 Å². The van der Waals surface area contributed by atoms with Gasteiger partial charge in [0.05, 0.1) is 11.2 Å². The standard InChI is InChI=1S/C28H35N3/c1-4-21-12-14-22(15-13-21)20-23-16-17-25-27(23)30-26-11-8-7-10-24(26)28(25)29-18-9-19-31(5-2)6-3/h7-8,10-15,20H,4-6,9,16-19H2,1-3H3,(H,29,30)/b23-20+. The maximum absolute atomic E-state index is 5.09. The first-order valence-corrected chi connectivity index (χ1v) is 11.9. The minimum Gasteiger partial charge on any atom is -0.384 e. The predicted molar refractivity (Wildman–Crippen MR) is 135 cm³/mol. The molecule has 1 N–H and O–H groups in total. The number of anilines is 1. The van der Waals surface area contributed by atoms with E-state index in [1.807, 2.05) is 0 Å². The van der Waals surface area contributed by atoms with Crippen LogP contribution in [0.1, 0.15) is 56.0 Å². The fourth-order valence-electron chi connectivity index (χ4n) is 4.59. The van der Waals surface area contributed by atoms with Crippen molar-refractivity contribution in [1.82, 2.24) is 9.88 Å². The maximum Gasteiger partial charge on any atom is 0.0730 e. The zero-order valence-corrected chi connectivity index (χ0v) is 19.2. The maximum atomic E-state index is 5.09. The lowest BCUT2D eigenvalue weighted by atomic mass is 10.0. The summed E-state index contributed by atoms with van der Waals surface area (Å²) in [6.45, 7) is 11.1. The third kappa shape index (κ3) is 4.83. The Hall–Kier alpha value is -2.65. The Morgan fingerprint density at radius 1 is 0.968 bits per heavy atom. The molecular formula is C28H35N3. The molecule has 3 nitrogen and oxygen atoms in total. The van der Waals surface area contributed by atoms with Gasteiger partial charge < -0.3 is 10.2 Å². The first-order valence-electron chi connectivity index (χ1n) is 11.9. The van der Waals surface area contributed by atoms with Gasteiger partial charge in [-0.15, -0.1) is 0 Å². The van der Waals surface area contributed by atoms with Gasteiger partial charge >= 0.3 is 0 Å². The van der Waals surface area contributed by atoms with Crippen LogP contribution in [0.15, 0.2) is 48.5 Å². The number of rotatable bonds is 9. The molecule has 1 aliphatic rings. The van der Waals surface area contributed by atoms with Crippen LogP contribution >= 0.6 is 0 Å². The molecule has 0 aliphatic heterocycles. The van der Waals surface area contributed by atoms with E-state index in [9.17, 15) is 0 Å². The van der Waals surface area contributed by atoms with E-state index in [2.05, 4.69) is 85.6 Å². The van der Waals surface area contributed by atoms with Crippen molar-refractivity contribution < 1.29 is 0 Å². The minimum atomic E-state index is 0.995. The van der Waals surface area contributed by atoms with Gasteiger partial charge in [0.15, 0.2) is 0 Å². The van der Waals surface area contributed by atoms with Crippen LogP contribution in [-0.4, -0.2) is 36.1 Å². The summed E-state index contributed by atoms with van der Waals surface area (Å²) in [5, 5.41) is 5.04. The number of nitrogens with one attached hydrogen (secondary N) is 1. The summed E-state index contributed by atoms with van der Waals surface area (Å²) < 4.78 is 0. The van der Waals surface area contributed by atoms with E-state index in [0.29, 0.717) is 0 Å². The molecule has 4 rings (SSSR count). The summed E-state index contributed by atoms with van der Waals surface area (Å²) >= 11 is 0. The van der Waals surface area contributed by atoms with Crippen molar-refractivity contribution in [2.24, 2.45) is 0 Å². The van der Waals surface area contributed by atoms with Crippen molar-refractivity contribution in [3.8, 4) is 0 Å². The number of hydrogen-bond acceptors (Lipinski definition) is 3. The quantitative estimate of drug-likeness (QED) is 0.410. The van der Waals surface area contributed by atoms with Gasteiger partial charge in [0.2, 0.25) is 0 Å². The summed E-state index contributed by atoms with van der Waals surface area (Å²) in [5.74, 6) is 0. The second-order valence-electron chi connectivity index (χ2n) is 8.40. The van der Waals surface area contributed by atoms with Gasteiger partial charge in [-0.3, -0.25) is 0 Å². The van der Waals surface area contributed by atoms with Crippen LogP contribution in [0.25, 0.3) is 22.6 Å². The van der Waals surface area contributed by atoms with E-state index in [0.717, 1.165) is 57.4 Å². The van der Waals surface area contributed by atoms with Gasteiger partial charge in [0.25, 0.3) is 0 Å². The summed E-state index contributed by atoms with van der Waals surface area (Å²) in [6.07, 6.45) is 6.68. The molecule has 0 atom stereocenters. The highest BCUT2D eigenvalue weighted by molar-refractivity contribution is 5.98. The van der Waals surface area contributed by atoms with Crippen LogP contribution in [0.5, 0.6) is 0 Å². The molecule has 1 aromatic heterocycles. The van der Waals surface area contributed by atoms with E-state index in [1.165, 1.54) is 39.0 Å². The first kappa shape index (κ1) is 21.6. The average molecular weight is 414 g/mol. The molecule has 0 amide bonds. The summed E-state index contributed by atoms with van der Waals surface area (Å²) in [4.78, 5) is 7.58. The molecule has 3 heteroatoms. The summed E-state index contributed by atoms with van der Waals surface area (Å²) in [5.41, 5.74) is 8.96. The molecule has 1 heterocycles. The summed E-state index contributed by atoms with van der Waals surface area (Å²) in [7, 11) is 0. The molecule has 0 fully saturated rings. The predicted octanol–water partition coefficient (Wildman–Crippen LogP) is 6.43. The average Bonchev–Trinajstić information content (AvgIpc) is 3.21. The van der Waals surface area contributed by atoms with Crippen molar-refractivity contribution >= 4 is 28.2 Å². The van der Waals surface area contributed by atoms with Gasteiger partial charge in [-0.2, -0.15) is 0 Å². The number of aromatic nitrogens is 1. The molecule has 2 aromatic carbocycles.